The zero-order chi connectivity index (χ0) is 32.3. The molecule has 248 valence electrons. The van der Waals surface area contributed by atoms with E-state index in [0.29, 0.717) is 30.9 Å². The summed E-state index contributed by atoms with van der Waals surface area (Å²) in [5.74, 6) is 0.368. The minimum atomic E-state index is -0.954. The summed E-state index contributed by atoms with van der Waals surface area (Å²) < 4.78 is 11.6. The highest BCUT2D eigenvalue weighted by atomic mass is 35.5. The molecule has 0 amide bonds. The number of nitrogens with zero attached hydrogens (tertiary/aromatic N) is 2. The predicted octanol–water partition coefficient (Wildman–Crippen LogP) is 5.86. The van der Waals surface area contributed by atoms with Gasteiger partial charge in [0.2, 0.25) is 0 Å². The van der Waals surface area contributed by atoms with Crippen molar-refractivity contribution in [1.29, 1.82) is 0 Å². The maximum Gasteiger partial charge on any atom is 0.335 e. The minimum Gasteiger partial charge on any atom is -0.491 e. The van der Waals surface area contributed by atoms with E-state index in [2.05, 4.69) is 34.7 Å². The highest BCUT2D eigenvalue weighted by Crippen LogP contribution is 2.42. The molecule has 1 aliphatic carbocycles. The smallest absolute Gasteiger partial charge is 0.335 e. The molecular weight excluding hydrogens is 590 g/mol. The lowest BCUT2D eigenvalue weighted by Gasteiger charge is -2.42. The Kier molecular flexibility index (Phi) is 13.6. The van der Waals surface area contributed by atoms with Crippen LogP contribution in [0.5, 0.6) is 5.75 Å². The molecule has 5 atom stereocenters. The Hall–Kier alpha value is -2.62. The second-order valence-corrected chi connectivity index (χ2v) is 12.6. The molecule has 2 aromatic carbocycles. The first-order valence-electron chi connectivity index (χ1n) is 16.7. The van der Waals surface area contributed by atoms with E-state index in [-0.39, 0.29) is 17.4 Å². The number of carbonyl (C=O) groups is 1. The fraction of sp³-hybridized carbons (Fsp3) is 0.583. The van der Waals surface area contributed by atoms with Crippen LogP contribution in [-0.4, -0.2) is 92.3 Å². The number of aryl methyl sites for hydroxylation is 1. The molecule has 8 nitrogen and oxygen atoms in total. The van der Waals surface area contributed by atoms with Gasteiger partial charge in [-0.2, -0.15) is 0 Å². The zero-order valence-electron chi connectivity index (χ0n) is 27.2. The van der Waals surface area contributed by atoms with Gasteiger partial charge in [0.15, 0.2) is 0 Å². The van der Waals surface area contributed by atoms with E-state index in [4.69, 9.17) is 21.1 Å². The summed E-state index contributed by atoms with van der Waals surface area (Å²) in [5.41, 5.74) is 3.52. The largest absolute Gasteiger partial charge is 0.491 e. The van der Waals surface area contributed by atoms with Crippen LogP contribution in [0.2, 0.25) is 5.02 Å². The number of anilines is 1. The van der Waals surface area contributed by atoms with E-state index < -0.39 is 12.1 Å². The van der Waals surface area contributed by atoms with Gasteiger partial charge in [-0.3, -0.25) is 4.90 Å². The lowest BCUT2D eigenvalue weighted by molar-refractivity contribution is -0.0168. The summed E-state index contributed by atoms with van der Waals surface area (Å²) in [6.45, 7) is 18.3. The number of aliphatic hydroxyl groups excluding tert-OH is 1. The molecule has 3 fully saturated rings. The third kappa shape index (κ3) is 9.01. The van der Waals surface area contributed by atoms with Crippen LogP contribution < -0.4 is 15.0 Å². The van der Waals surface area contributed by atoms with Gasteiger partial charge in [-0.05, 0) is 72.6 Å². The molecule has 0 bridgehead atoms. The van der Waals surface area contributed by atoms with Crippen LogP contribution in [-0.2, 0) is 11.2 Å². The fourth-order valence-corrected chi connectivity index (χ4v) is 7.03. The molecular formula is C36H52ClN3O5. The number of piperazine rings is 1. The van der Waals surface area contributed by atoms with Crippen LogP contribution >= 0.6 is 11.6 Å². The number of benzene rings is 2. The summed E-state index contributed by atoms with van der Waals surface area (Å²) in [7, 11) is 0. The highest BCUT2D eigenvalue weighted by molar-refractivity contribution is 6.30. The average Bonchev–Trinajstić information content (AvgIpc) is 3.23. The molecule has 4 aliphatic rings. The Morgan fingerprint density at radius 1 is 1.18 bits per heavy atom. The highest BCUT2D eigenvalue weighted by Gasteiger charge is 2.38. The van der Waals surface area contributed by atoms with E-state index >= 15 is 0 Å². The van der Waals surface area contributed by atoms with E-state index in [0.717, 1.165) is 75.8 Å². The molecule has 2 aromatic rings. The average molecular weight is 642 g/mol. The second kappa shape index (κ2) is 17.3. The number of morpholine rings is 1. The maximum absolute atomic E-state index is 11.7. The van der Waals surface area contributed by atoms with Crippen LogP contribution in [0.3, 0.4) is 0 Å². The van der Waals surface area contributed by atoms with E-state index in [1.165, 1.54) is 17.7 Å². The van der Waals surface area contributed by atoms with Crippen molar-refractivity contribution in [2.24, 2.45) is 11.8 Å². The summed E-state index contributed by atoms with van der Waals surface area (Å²) in [6.07, 6.45) is 5.08. The van der Waals surface area contributed by atoms with Gasteiger partial charge in [0, 0.05) is 56.3 Å². The van der Waals surface area contributed by atoms with Crippen molar-refractivity contribution in [3.63, 3.8) is 0 Å². The van der Waals surface area contributed by atoms with Crippen molar-refractivity contribution in [3.05, 3.63) is 70.8 Å². The Morgan fingerprint density at radius 2 is 2.00 bits per heavy atom. The Bertz CT molecular complexity index is 1230. The molecule has 0 spiro atoms. The first kappa shape index (κ1) is 35.2. The molecule has 3 heterocycles. The van der Waals surface area contributed by atoms with Crippen molar-refractivity contribution in [2.75, 3.05) is 64.0 Å². The van der Waals surface area contributed by atoms with Crippen LogP contribution in [0.25, 0.3) is 0 Å². The topological polar surface area (TPSA) is 94.5 Å². The zero-order valence-corrected chi connectivity index (χ0v) is 28.0. The quantitative estimate of drug-likeness (QED) is 0.309. The monoisotopic (exact) mass is 641 g/mol. The van der Waals surface area contributed by atoms with Gasteiger partial charge >= 0.3 is 5.97 Å². The number of hydrogen-bond acceptors (Lipinski definition) is 7. The number of rotatable bonds is 8. The van der Waals surface area contributed by atoms with E-state index in [1.54, 1.807) is 24.3 Å². The third-order valence-corrected chi connectivity index (χ3v) is 9.64. The van der Waals surface area contributed by atoms with Crippen molar-refractivity contribution < 1.29 is 24.5 Å². The number of aliphatic hydroxyl groups is 1. The van der Waals surface area contributed by atoms with Gasteiger partial charge < -0.3 is 29.9 Å². The number of halogens is 1. The lowest BCUT2D eigenvalue weighted by Crippen LogP contribution is -2.56. The molecule has 9 heteroatoms. The Balaban J connectivity index is 0.000000320. The van der Waals surface area contributed by atoms with Crippen molar-refractivity contribution in [2.45, 2.75) is 64.5 Å². The minimum absolute atomic E-state index is 0.118. The van der Waals surface area contributed by atoms with Gasteiger partial charge in [0.25, 0.3) is 0 Å². The van der Waals surface area contributed by atoms with E-state index in [1.807, 2.05) is 26.0 Å². The predicted molar refractivity (Wildman–Crippen MR) is 182 cm³/mol. The fourth-order valence-electron chi connectivity index (χ4n) is 6.84. The summed E-state index contributed by atoms with van der Waals surface area (Å²) in [5, 5.41) is 24.0. The standard InChI is InChI=1S/C27H32ClNO4.C7H14N2O.C2H6/c1-3-5-17-12-21(28)8-10-22(17)20-15-29(14-19-6-9-23(19)25(30)4-2)24-13-18(27(31)32)7-11-26(24)33-16-20;1-2-9-3-4-10-6-7(9)5-8-1;1-2/h4,7-8,10-13,19-20,23,25,30H,2-3,5-6,9,14-16H2,1H3,(H,31,32);7-8H,1-6H2;1-2H3. The first-order chi connectivity index (χ1) is 21.9. The van der Waals surface area contributed by atoms with Crippen molar-refractivity contribution >= 4 is 23.3 Å². The summed E-state index contributed by atoms with van der Waals surface area (Å²) in [4.78, 5) is 16.4. The molecule has 5 unspecified atom stereocenters. The summed E-state index contributed by atoms with van der Waals surface area (Å²) in [6, 6.07) is 11.8. The first-order valence-corrected chi connectivity index (χ1v) is 17.1. The molecule has 3 aliphatic heterocycles. The molecule has 1 saturated carbocycles. The SMILES string of the molecule is C1CN2CCOCC2CN1.C=CC(O)C1CCC1CN1CC(c2ccc(Cl)cc2CCC)COc2ccc(C(=O)O)cc21.CC. The normalized spacial score (nSPS) is 24.9. The van der Waals surface area contributed by atoms with Crippen molar-refractivity contribution in [1.82, 2.24) is 10.2 Å². The van der Waals surface area contributed by atoms with Gasteiger partial charge in [0.1, 0.15) is 5.75 Å². The molecule has 45 heavy (non-hydrogen) atoms. The number of aromatic carboxylic acids is 1. The van der Waals surface area contributed by atoms with Crippen LogP contribution in [0, 0.1) is 11.8 Å². The number of fused-ring (bicyclic) bond motifs is 2. The number of carboxylic acid groups (broad SMARTS) is 1. The Labute approximate surface area is 274 Å². The second-order valence-electron chi connectivity index (χ2n) is 12.2. The number of carboxylic acids is 1. The number of hydrogen-bond donors (Lipinski definition) is 3. The molecule has 6 rings (SSSR count). The number of ether oxygens (including phenoxy) is 2. The number of nitrogens with one attached hydrogen (secondary N) is 1. The third-order valence-electron chi connectivity index (χ3n) is 9.41. The molecule has 0 aromatic heterocycles. The van der Waals surface area contributed by atoms with Crippen LogP contribution in [0.4, 0.5) is 5.69 Å². The van der Waals surface area contributed by atoms with Crippen LogP contribution in [0.15, 0.2) is 49.1 Å². The summed E-state index contributed by atoms with van der Waals surface area (Å²) >= 11 is 6.30. The lowest BCUT2D eigenvalue weighted by atomic mass is 9.70. The Morgan fingerprint density at radius 3 is 2.69 bits per heavy atom. The van der Waals surface area contributed by atoms with Gasteiger partial charge in [0.05, 0.1) is 37.2 Å². The molecule has 3 N–H and O–H groups in total. The van der Waals surface area contributed by atoms with Gasteiger partial charge in [-0.25, -0.2) is 4.79 Å². The molecule has 0 radical (unpaired) electrons. The van der Waals surface area contributed by atoms with Gasteiger partial charge in [-0.1, -0.05) is 50.9 Å². The van der Waals surface area contributed by atoms with Crippen LogP contribution in [0.1, 0.15) is 67.4 Å². The van der Waals surface area contributed by atoms with Crippen molar-refractivity contribution in [3.8, 4) is 5.75 Å². The van der Waals surface area contributed by atoms with E-state index in [9.17, 15) is 15.0 Å². The van der Waals surface area contributed by atoms with Gasteiger partial charge in [-0.15, -0.1) is 6.58 Å². The molecule has 2 saturated heterocycles. The maximum atomic E-state index is 11.7.